The highest BCUT2D eigenvalue weighted by molar-refractivity contribution is 9.10. The van der Waals surface area contributed by atoms with Crippen LogP contribution in [-0.4, -0.2) is 15.7 Å². The van der Waals surface area contributed by atoms with Gasteiger partial charge in [0, 0.05) is 4.47 Å². The van der Waals surface area contributed by atoms with Crippen molar-refractivity contribution in [3.63, 3.8) is 0 Å². The van der Waals surface area contributed by atoms with E-state index in [0.717, 1.165) is 21.1 Å². The van der Waals surface area contributed by atoms with Crippen LogP contribution in [0.25, 0.3) is 11.0 Å². The maximum absolute atomic E-state index is 12.1. The topological polar surface area (TPSA) is 59.0 Å². The van der Waals surface area contributed by atoms with Crippen molar-refractivity contribution in [2.75, 3.05) is 5.43 Å². The Morgan fingerprint density at radius 3 is 2.86 bits per heavy atom. The first-order valence-electron chi connectivity index (χ1n) is 6.88. The normalized spacial score (nSPS) is 12.1. The summed E-state index contributed by atoms with van der Waals surface area (Å²) in [5.41, 5.74) is 5.49. The van der Waals surface area contributed by atoms with Crippen LogP contribution < -0.4 is 10.7 Å². The summed E-state index contributed by atoms with van der Waals surface area (Å²) in [5.74, 6) is 0. The Hall–Kier alpha value is -2.34. The van der Waals surface area contributed by atoms with Crippen LogP contribution in [0.4, 0.5) is 4.79 Å². The van der Waals surface area contributed by atoms with Gasteiger partial charge in [0.25, 0.3) is 0 Å². The Labute approximate surface area is 136 Å². The second-order valence-corrected chi connectivity index (χ2v) is 5.88. The van der Waals surface area contributed by atoms with Crippen molar-refractivity contribution in [2.24, 2.45) is 0 Å². The number of halogens is 1. The number of nitrogens with zero attached hydrogens (tertiary/aromatic N) is 2. The zero-order valence-corrected chi connectivity index (χ0v) is 13.5. The molecule has 112 valence electrons. The quantitative estimate of drug-likeness (QED) is 0.747. The third-order valence-corrected chi connectivity index (χ3v) is 3.87. The van der Waals surface area contributed by atoms with Gasteiger partial charge in [-0.25, -0.2) is 19.9 Å². The molecule has 1 aromatic heterocycles. The fourth-order valence-corrected chi connectivity index (χ4v) is 2.66. The molecule has 0 bridgehead atoms. The number of amides is 2. The standard InChI is InChI=1S/C16H15BrN4O/c1-11(12-5-4-6-13(17)9-12)19-16(22)20-21-10-18-14-7-2-3-8-15(14)21/h2-11H,1H3,(H2,19,20,22). The number of hydrogen-bond donors (Lipinski definition) is 2. The Kier molecular flexibility index (Phi) is 4.11. The summed E-state index contributed by atoms with van der Waals surface area (Å²) in [5, 5.41) is 2.91. The van der Waals surface area contributed by atoms with E-state index in [0.29, 0.717) is 0 Å². The molecule has 22 heavy (non-hydrogen) atoms. The van der Waals surface area contributed by atoms with E-state index in [1.807, 2.05) is 55.5 Å². The summed E-state index contributed by atoms with van der Waals surface area (Å²) in [6.45, 7) is 1.94. The fraction of sp³-hybridized carbons (Fsp3) is 0.125. The first-order valence-corrected chi connectivity index (χ1v) is 7.68. The number of para-hydroxylation sites is 2. The van der Waals surface area contributed by atoms with Gasteiger partial charge in [0.15, 0.2) is 0 Å². The van der Waals surface area contributed by atoms with Crippen LogP contribution in [0.1, 0.15) is 18.5 Å². The monoisotopic (exact) mass is 358 g/mol. The van der Waals surface area contributed by atoms with Crippen molar-refractivity contribution in [1.82, 2.24) is 15.0 Å². The number of urea groups is 1. The van der Waals surface area contributed by atoms with Gasteiger partial charge in [-0.2, -0.15) is 0 Å². The van der Waals surface area contributed by atoms with Crippen LogP contribution >= 0.6 is 15.9 Å². The summed E-state index contributed by atoms with van der Waals surface area (Å²) >= 11 is 3.43. The predicted molar refractivity (Wildman–Crippen MR) is 90.2 cm³/mol. The number of nitrogens with one attached hydrogen (secondary N) is 2. The second kappa shape index (κ2) is 6.19. The van der Waals surface area contributed by atoms with Gasteiger partial charge in [0.2, 0.25) is 0 Å². The summed E-state index contributed by atoms with van der Waals surface area (Å²) in [7, 11) is 0. The molecule has 3 rings (SSSR count). The molecule has 1 unspecified atom stereocenters. The molecule has 6 heteroatoms. The minimum absolute atomic E-state index is 0.104. The number of aromatic nitrogens is 2. The number of carbonyl (C=O) groups excluding carboxylic acids is 1. The van der Waals surface area contributed by atoms with Crippen molar-refractivity contribution in [3.05, 3.63) is 64.9 Å². The lowest BCUT2D eigenvalue weighted by Gasteiger charge is -2.16. The molecule has 0 saturated carbocycles. The van der Waals surface area contributed by atoms with Gasteiger partial charge in [-0.3, -0.25) is 0 Å². The second-order valence-electron chi connectivity index (χ2n) is 4.97. The molecule has 5 nitrogen and oxygen atoms in total. The van der Waals surface area contributed by atoms with Gasteiger partial charge in [-0.05, 0) is 36.8 Å². The highest BCUT2D eigenvalue weighted by Crippen LogP contribution is 2.17. The van der Waals surface area contributed by atoms with E-state index >= 15 is 0 Å². The average molecular weight is 359 g/mol. The highest BCUT2D eigenvalue weighted by atomic mass is 79.9. The zero-order chi connectivity index (χ0) is 15.5. The average Bonchev–Trinajstić information content (AvgIpc) is 2.90. The first kappa shape index (κ1) is 14.6. The van der Waals surface area contributed by atoms with Gasteiger partial charge in [0.05, 0.1) is 17.1 Å². The van der Waals surface area contributed by atoms with Crippen molar-refractivity contribution in [1.29, 1.82) is 0 Å². The lowest BCUT2D eigenvalue weighted by Crippen LogP contribution is -2.35. The van der Waals surface area contributed by atoms with E-state index in [1.165, 1.54) is 0 Å². The molecule has 1 heterocycles. The van der Waals surface area contributed by atoms with Gasteiger partial charge in [-0.15, -0.1) is 0 Å². The first-order chi connectivity index (χ1) is 10.6. The smallest absolute Gasteiger partial charge is 0.330 e. The SMILES string of the molecule is CC(NC(=O)Nn1cnc2ccccc21)c1cccc(Br)c1. The maximum atomic E-state index is 12.1. The Morgan fingerprint density at radius 1 is 1.23 bits per heavy atom. The van der Waals surface area contributed by atoms with Gasteiger partial charge < -0.3 is 5.32 Å². The number of fused-ring (bicyclic) bond motifs is 1. The van der Waals surface area contributed by atoms with Crippen LogP contribution in [0.2, 0.25) is 0 Å². The molecule has 3 aromatic rings. The van der Waals surface area contributed by atoms with Crippen molar-refractivity contribution in [3.8, 4) is 0 Å². The Bertz CT molecular complexity index is 815. The van der Waals surface area contributed by atoms with Gasteiger partial charge in [-0.1, -0.05) is 40.2 Å². The number of benzene rings is 2. The lowest BCUT2D eigenvalue weighted by molar-refractivity contribution is 0.247. The van der Waals surface area contributed by atoms with E-state index in [2.05, 4.69) is 31.7 Å². The molecule has 0 radical (unpaired) electrons. The Morgan fingerprint density at radius 2 is 2.05 bits per heavy atom. The van der Waals surface area contributed by atoms with Crippen LogP contribution in [0, 0.1) is 0 Å². The molecule has 0 saturated heterocycles. The molecular weight excluding hydrogens is 344 g/mol. The summed E-state index contributed by atoms with van der Waals surface area (Å²) in [6, 6.07) is 15.1. The molecular formula is C16H15BrN4O. The minimum Gasteiger partial charge on any atom is -0.330 e. The minimum atomic E-state index is -0.282. The van der Waals surface area contributed by atoms with Crippen LogP contribution in [0.5, 0.6) is 0 Å². The third kappa shape index (κ3) is 3.12. The molecule has 0 spiro atoms. The van der Waals surface area contributed by atoms with Crippen molar-refractivity contribution < 1.29 is 4.79 Å². The third-order valence-electron chi connectivity index (χ3n) is 3.37. The van der Waals surface area contributed by atoms with E-state index in [-0.39, 0.29) is 12.1 Å². The Balaban J connectivity index is 1.70. The largest absolute Gasteiger partial charge is 0.334 e. The molecule has 1 atom stereocenters. The number of imidazole rings is 1. The highest BCUT2D eigenvalue weighted by Gasteiger charge is 2.11. The number of rotatable bonds is 3. The lowest BCUT2D eigenvalue weighted by atomic mass is 10.1. The summed E-state index contributed by atoms with van der Waals surface area (Å²) in [4.78, 5) is 16.4. The molecule has 0 fully saturated rings. The summed E-state index contributed by atoms with van der Waals surface area (Å²) in [6.07, 6.45) is 1.59. The van der Waals surface area contributed by atoms with E-state index < -0.39 is 0 Å². The van der Waals surface area contributed by atoms with Gasteiger partial charge in [0.1, 0.15) is 6.33 Å². The molecule has 2 aromatic carbocycles. The maximum Gasteiger partial charge on any atom is 0.334 e. The molecule has 0 aliphatic carbocycles. The van der Waals surface area contributed by atoms with Crippen LogP contribution in [0.15, 0.2) is 59.3 Å². The summed E-state index contributed by atoms with van der Waals surface area (Å²) < 4.78 is 2.60. The number of hydrogen-bond acceptors (Lipinski definition) is 2. The molecule has 2 N–H and O–H groups in total. The molecule has 2 amide bonds. The van der Waals surface area contributed by atoms with E-state index in [9.17, 15) is 4.79 Å². The predicted octanol–water partition coefficient (Wildman–Crippen LogP) is 3.81. The van der Waals surface area contributed by atoms with E-state index in [4.69, 9.17) is 0 Å². The van der Waals surface area contributed by atoms with Crippen molar-refractivity contribution in [2.45, 2.75) is 13.0 Å². The molecule has 0 aliphatic rings. The van der Waals surface area contributed by atoms with Crippen LogP contribution in [0.3, 0.4) is 0 Å². The van der Waals surface area contributed by atoms with Gasteiger partial charge >= 0.3 is 6.03 Å². The zero-order valence-electron chi connectivity index (χ0n) is 12.0. The molecule has 0 aliphatic heterocycles. The number of carbonyl (C=O) groups is 1. The fourth-order valence-electron chi connectivity index (χ4n) is 2.25. The van der Waals surface area contributed by atoms with Crippen LogP contribution in [-0.2, 0) is 0 Å². The van der Waals surface area contributed by atoms with E-state index in [1.54, 1.807) is 11.0 Å². The van der Waals surface area contributed by atoms with Crippen molar-refractivity contribution >= 4 is 33.0 Å².